The van der Waals surface area contributed by atoms with E-state index in [2.05, 4.69) is 20.8 Å². The molecule has 0 radical (unpaired) electrons. The van der Waals surface area contributed by atoms with Crippen LogP contribution in [0.15, 0.2) is 30.3 Å². The predicted molar refractivity (Wildman–Crippen MR) is 91.5 cm³/mol. The van der Waals surface area contributed by atoms with Gasteiger partial charge in [0.25, 0.3) is 0 Å². The second kappa shape index (κ2) is 5.18. The average Bonchev–Trinajstić information content (AvgIpc) is 3.03. The van der Waals surface area contributed by atoms with Crippen LogP contribution in [0.2, 0.25) is 0 Å². The average molecular weight is 326 g/mol. The van der Waals surface area contributed by atoms with Crippen molar-refractivity contribution in [2.75, 3.05) is 0 Å². The fourth-order valence-electron chi connectivity index (χ4n) is 6.09. The summed E-state index contributed by atoms with van der Waals surface area (Å²) in [5.41, 5.74) is -0.0236. The highest BCUT2D eigenvalue weighted by atomic mass is 16.6. The molecule has 0 spiro atoms. The van der Waals surface area contributed by atoms with Gasteiger partial charge in [-0.1, -0.05) is 39.0 Å². The third-order valence-electron chi connectivity index (χ3n) is 7.25. The van der Waals surface area contributed by atoms with E-state index in [4.69, 9.17) is 4.74 Å². The lowest BCUT2D eigenvalue weighted by atomic mass is 9.44. The molecular formula is C21H26O3. The maximum Gasteiger partial charge on any atom is 0.338 e. The molecule has 0 aliphatic heterocycles. The third-order valence-corrected chi connectivity index (χ3v) is 7.25. The van der Waals surface area contributed by atoms with Gasteiger partial charge in [-0.05, 0) is 49.1 Å². The first-order valence-electron chi connectivity index (χ1n) is 9.22. The van der Waals surface area contributed by atoms with Crippen LogP contribution in [0.1, 0.15) is 56.8 Å². The third kappa shape index (κ3) is 1.84. The molecule has 0 saturated heterocycles. The fraction of sp³-hybridized carbons (Fsp3) is 0.619. The molecule has 128 valence electrons. The summed E-state index contributed by atoms with van der Waals surface area (Å²) in [6.07, 6.45) is 3.47. The molecule has 5 atom stereocenters. The molecule has 3 fully saturated rings. The smallest absolute Gasteiger partial charge is 0.338 e. The quantitative estimate of drug-likeness (QED) is 0.779. The monoisotopic (exact) mass is 326 g/mol. The standard InChI is InChI=1S/C21H26O3/c1-13(2)15-9-11-20(3)17(15)18-16(22)10-12-21(18,20)24-19(23)14-7-5-4-6-8-14/h4-8,13,15,17-18H,9-12H2,1-3H3/t15-,17+,18+,20+,21-/m0/s1. The Kier molecular flexibility index (Phi) is 3.42. The minimum absolute atomic E-state index is 0.0385. The molecule has 3 nitrogen and oxygen atoms in total. The lowest BCUT2D eigenvalue weighted by molar-refractivity contribution is -0.233. The molecule has 0 heterocycles. The molecule has 3 saturated carbocycles. The van der Waals surface area contributed by atoms with Crippen molar-refractivity contribution in [1.82, 2.24) is 0 Å². The van der Waals surface area contributed by atoms with E-state index in [1.807, 2.05) is 18.2 Å². The Morgan fingerprint density at radius 3 is 2.58 bits per heavy atom. The normalized spacial score (nSPS) is 40.2. The van der Waals surface area contributed by atoms with E-state index in [1.54, 1.807) is 12.1 Å². The van der Waals surface area contributed by atoms with Gasteiger partial charge in [-0.2, -0.15) is 0 Å². The summed E-state index contributed by atoms with van der Waals surface area (Å²) in [5.74, 6) is 1.49. The number of hydrogen-bond donors (Lipinski definition) is 0. The van der Waals surface area contributed by atoms with E-state index in [0.717, 1.165) is 12.8 Å². The van der Waals surface area contributed by atoms with Crippen molar-refractivity contribution in [2.45, 2.75) is 52.1 Å². The van der Waals surface area contributed by atoms with Gasteiger partial charge in [0.15, 0.2) is 0 Å². The van der Waals surface area contributed by atoms with Crippen molar-refractivity contribution in [2.24, 2.45) is 29.1 Å². The Bertz CT molecular complexity index is 680. The Labute approximate surface area is 143 Å². The maximum atomic E-state index is 12.7. The maximum absolute atomic E-state index is 12.7. The van der Waals surface area contributed by atoms with Crippen LogP contribution in [-0.4, -0.2) is 17.4 Å². The number of benzene rings is 1. The number of ketones is 1. The van der Waals surface area contributed by atoms with Crippen LogP contribution in [0.25, 0.3) is 0 Å². The van der Waals surface area contributed by atoms with Crippen molar-refractivity contribution < 1.29 is 14.3 Å². The van der Waals surface area contributed by atoms with Gasteiger partial charge in [0.05, 0.1) is 11.5 Å². The van der Waals surface area contributed by atoms with Crippen LogP contribution in [0, 0.1) is 29.1 Å². The van der Waals surface area contributed by atoms with E-state index >= 15 is 0 Å². The SMILES string of the molecule is CC(C)[C@@H]1CC[C@]2(C)[C@H]1[C@H]1C(=O)CC[C@]12OC(=O)c1ccccc1. The van der Waals surface area contributed by atoms with Gasteiger partial charge in [0.1, 0.15) is 11.4 Å². The molecule has 3 heteroatoms. The van der Waals surface area contributed by atoms with Gasteiger partial charge in [-0.15, -0.1) is 0 Å². The van der Waals surface area contributed by atoms with E-state index < -0.39 is 5.60 Å². The predicted octanol–water partition coefficient (Wildman–Crippen LogP) is 4.26. The molecule has 0 N–H and O–H groups in total. The van der Waals surface area contributed by atoms with Crippen molar-refractivity contribution in [3.8, 4) is 0 Å². The Morgan fingerprint density at radius 1 is 1.21 bits per heavy atom. The summed E-state index contributed by atoms with van der Waals surface area (Å²) >= 11 is 0. The van der Waals surface area contributed by atoms with Crippen molar-refractivity contribution >= 4 is 11.8 Å². The lowest BCUT2D eigenvalue weighted by Crippen LogP contribution is -2.69. The molecular weight excluding hydrogens is 300 g/mol. The minimum atomic E-state index is -0.564. The zero-order valence-electron chi connectivity index (χ0n) is 14.7. The minimum Gasteiger partial charge on any atom is -0.454 e. The van der Waals surface area contributed by atoms with Crippen LogP contribution in [0.5, 0.6) is 0 Å². The fourth-order valence-corrected chi connectivity index (χ4v) is 6.09. The molecule has 3 aliphatic carbocycles. The van der Waals surface area contributed by atoms with Crippen LogP contribution in [0.4, 0.5) is 0 Å². The Hall–Kier alpha value is -1.64. The van der Waals surface area contributed by atoms with Gasteiger partial charge in [-0.3, -0.25) is 4.79 Å². The molecule has 0 unspecified atom stereocenters. The van der Waals surface area contributed by atoms with Crippen molar-refractivity contribution in [3.63, 3.8) is 0 Å². The molecule has 4 rings (SSSR count). The van der Waals surface area contributed by atoms with Gasteiger partial charge in [0.2, 0.25) is 0 Å². The van der Waals surface area contributed by atoms with Crippen LogP contribution >= 0.6 is 0 Å². The summed E-state index contributed by atoms with van der Waals surface area (Å²) in [7, 11) is 0. The van der Waals surface area contributed by atoms with Gasteiger partial charge in [0, 0.05) is 11.8 Å². The number of ether oxygens (including phenoxy) is 1. The highest BCUT2D eigenvalue weighted by molar-refractivity contribution is 5.92. The number of hydrogen-bond acceptors (Lipinski definition) is 3. The van der Waals surface area contributed by atoms with E-state index in [1.165, 1.54) is 0 Å². The molecule has 1 aromatic carbocycles. The molecule has 0 bridgehead atoms. The molecule has 24 heavy (non-hydrogen) atoms. The highest BCUT2D eigenvalue weighted by Gasteiger charge is 2.79. The van der Waals surface area contributed by atoms with Crippen molar-refractivity contribution in [1.29, 1.82) is 0 Å². The van der Waals surface area contributed by atoms with E-state index in [0.29, 0.717) is 41.9 Å². The summed E-state index contributed by atoms with van der Waals surface area (Å²) < 4.78 is 6.14. The molecule has 0 amide bonds. The summed E-state index contributed by atoms with van der Waals surface area (Å²) in [4.78, 5) is 25.3. The van der Waals surface area contributed by atoms with Crippen LogP contribution in [0.3, 0.4) is 0 Å². The zero-order chi connectivity index (χ0) is 17.1. The number of esters is 1. The molecule has 3 aliphatic rings. The largest absolute Gasteiger partial charge is 0.454 e. The highest BCUT2D eigenvalue weighted by Crippen LogP contribution is 2.74. The number of rotatable bonds is 3. The van der Waals surface area contributed by atoms with Gasteiger partial charge < -0.3 is 4.74 Å². The second-order valence-corrected chi connectivity index (χ2v) is 8.48. The summed E-state index contributed by atoms with van der Waals surface area (Å²) in [6.45, 7) is 6.77. The number of Topliss-reactive ketones (excluding diaryl/α,β-unsaturated/α-hetero) is 1. The molecule has 1 aromatic rings. The second-order valence-electron chi connectivity index (χ2n) is 8.48. The molecule has 0 aromatic heterocycles. The number of fused-ring (bicyclic) bond motifs is 4. The first kappa shape index (κ1) is 15.9. The summed E-state index contributed by atoms with van der Waals surface area (Å²) in [5, 5.41) is 0. The Balaban J connectivity index is 1.67. The zero-order valence-corrected chi connectivity index (χ0v) is 14.7. The van der Waals surface area contributed by atoms with Gasteiger partial charge >= 0.3 is 5.97 Å². The Morgan fingerprint density at radius 2 is 1.92 bits per heavy atom. The lowest BCUT2D eigenvalue weighted by Gasteiger charge is -2.63. The van der Waals surface area contributed by atoms with E-state index in [9.17, 15) is 9.59 Å². The van der Waals surface area contributed by atoms with E-state index in [-0.39, 0.29) is 17.3 Å². The van der Waals surface area contributed by atoms with Gasteiger partial charge in [-0.25, -0.2) is 4.79 Å². The first-order chi connectivity index (χ1) is 11.4. The van der Waals surface area contributed by atoms with Crippen LogP contribution in [-0.2, 0) is 9.53 Å². The number of carbonyl (C=O) groups is 2. The van der Waals surface area contributed by atoms with Crippen molar-refractivity contribution in [3.05, 3.63) is 35.9 Å². The number of carbonyl (C=O) groups excluding carboxylic acids is 2. The van der Waals surface area contributed by atoms with Crippen LogP contribution < -0.4 is 0 Å². The first-order valence-corrected chi connectivity index (χ1v) is 9.22. The summed E-state index contributed by atoms with van der Waals surface area (Å²) in [6, 6.07) is 9.16. The topological polar surface area (TPSA) is 43.4 Å².